The lowest BCUT2D eigenvalue weighted by atomic mass is 10.0. The Kier molecular flexibility index (Phi) is 4.75. The fourth-order valence-electron chi connectivity index (χ4n) is 1.14. The topological polar surface area (TPSA) is 66.6 Å². The molecule has 0 aliphatic carbocycles. The number of nitrogens with two attached hydrogens (primary N) is 1. The van der Waals surface area contributed by atoms with Gasteiger partial charge in [-0.25, -0.2) is 0 Å². The Morgan fingerprint density at radius 2 is 1.81 bits per heavy atom. The van der Waals surface area contributed by atoms with Gasteiger partial charge in [0.1, 0.15) is 5.54 Å². The van der Waals surface area contributed by atoms with Crippen molar-refractivity contribution in [1.29, 1.82) is 0 Å². The number of carboxylic acid groups (broad SMARTS) is 1. The molecule has 0 aliphatic heterocycles. The molecule has 3 N–H and O–H groups in total. The summed E-state index contributed by atoms with van der Waals surface area (Å²) in [6.45, 7) is 2.80. The lowest BCUT2D eigenvalue weighted by molar-refractivity contribution is -0.157. The van der Waals surface area contributed by atoms with E-state index in [0.717, 1.165) is 4.90 Å². The van der Waals surface area contributed by atoms with Crippen LogP contribution in [0.3, 0.4) is 0 Å². The van der Waals surface area contributed by atoms with E-state index in [9.17, 15) is 18.0 Å². The lowest BCUT2D eigenvalue weighted by Gasteiger charge is -2.32. The largest absolute Gasteiger partial charge is 0.480 e. The molecule has 0 aromatic carbocycles. The maximum absolute atomic E-state index is 12.2. The Hall–Kier alpha value is -0.820. The van der Waals surface area contributed by atoms with Crippen LogP contribution in [0.15, 0.2) is 0 Å². The number of hydrogen-bond acceptors (Lipinski definition) is 3. The van der Waals surface area contributed by atoms with E-state index < -0.39 is 30.3 Å². The summed E-state index contributed by atoms with van der Waals surface area (Å²) in [7, 11) is 0. The Bertz CT molecular complexity index is 252. The molecule has 0 bridgehead atoms. The normalized spacial score (nSPS) is 16.6. The molecule has 16 heavy (non-hydrogen) atoms. The van der Waals surface area contributed by atoms with Gasteiger partial charge in [-0.15, -0.1) is 0 Å². The van der Waals surface area contributed by atoms with Crippen LogP contribution in [0.25, 0.3) is 0 Å². The van der Waals surface area contributed by atoms with E-state index in [-0.39, 0.29) is 6.54 Å². The molecule has 0 saturated heterocycles. The van der Waals surface area contributed by atoms with Crippen molar-refractivity contribution >= 4 is 5.97 Å². The van der Waals surface area contributed by atoms with Crippen LogP contribution in [0, 0.1) is 0 Å². The molecule has 1 unspecified atom stereocenters. The second-order valence-corrected chi connectivity index (χ2v) is 4.34. The maximum atomic E-state index is 12.2. The first kappa shape index (κ1) is 15.2. The van der Waals surface area contributed by atoms with E-state index in [4.69, 9.17) is 10.8 Å². The van der Waals surface area contributed by atoms with Crippen molar-refractivity contribution in [2.24, 2.45) is 5.73 Å². The third kappa shape index (κ3) is 5.32. The molecule has 0 rings (SSSR count). The highest BCUT2D eigenvalue weighted by Crippen LogP contribution is 2.19. The molecule has 0 aliphatic rings. The summed E-state index contributed by atoms with van der Waals surface area (Å²) in [6, 6.07) is -0.427. The molecule has 0 aromatic heterocycles. The van der Waals surface area contributed by atoms with Crippen molar-refractivity contribution in [3.05, 3.63) is 0 Å². The van der Waals surface area contributed by atoms with Gasteiger partial charge in [-0.05, 0) is 20.8 Å². The number of aliphatic carboxylic acids is 1. The number of halogens is 3. The minimum absolute atomic E-state index is 0.348. The zero-order chi connectivity index (χ0) is 13.1. The molecule has 0 radical (unpaired) electrons. The van der Waals surface area contributed by atoms with E-state index in [0.29, 0.717) is 0 Å². The van der Waals surface area contributed by atoms with Gasteiger partial charge in [0.25, 0.3) is 0 Å². The van der Waals surface area contributed by atoms with Gasteiger partial charge in [-0.3, -0.25) is 9.69 Å². The van der Waals surface area contributed by atoms with Crippen molar-refractivity contribution in [3.8, 4) is 0 Å². The summed E-state index contributed by atoms with van der Waals surface area (Å²) in [6.07, 6.45) is -4.36. The second kappa shape index (κ2) is 5.01. The zero-order valence-corrected chi connectivity index (χ0v) is 9.51. The number of rotatable bonds is 5. The summed E-state index contributed by atoms with van der Waals surface area (Å²) >= 11 is 0. The van der Waals surface area contributed by atoms with Gasteiger partial charge >= 0.3 is 12.1 Å². The van der Waals surface area contributed by atoms with Crippen molar-refractivity contribution in [2.45, 2.75) is 38.5 Å². The average molecular weight is 242 g/mol. The predicted octanol–water partition coefficient (Wildman–Crippen LogP) is 1.06. The van der Waals surface area contributed by atoms with Crippen molar-refractivity contribution < 1.29 is 23.1 Å². The number of carbonyl (C=O) groups is 1. The smallest absolute Gasteiger partial charge is 0.401 e. The molecule has 0 amide bonds. The van der Waals surface area contributed by atoms with Gasteiger partial charge in [0.15, 0.2) is 0 Å². The molecule has 4 nitrogen and oxygen atoms in total. The molecule has 0 spiro atoms. The summed E-state index contributed by atoms with van der Waals surface area (Å²) in [5.41, 5.74) is 3.72. The standard InChI is InChI=1S/C9H17F3N2O2/c1-6(2)14(5-9(10,11)12)4-8(3,13)7(15)16/h6H,4-5,13H2,1-3H3,(H,15,16). The highest BCUT2D eigenvalue weighted by molar-refractivity contribution is 5.78. The Morgan fingerprint density at radius 1 is 1.38 bits per heavy atom. The van der Waals surface area contributed by atoms with Crippen LogP contribution in [-0.2, 0) is 4.79 Å². The summed E-state index contributed by atoms with van der Waals surface area (Å²) in [5, 5.41) is 8.74. The van der Waals surface area contributed by atoms with Crippen molar-refractivity contribution in [3.63, 3.8) is 0 Å². The summed E-state index contributed by atoms with van der Waals surface area (Å²) in [4.78, 5) is 11.7. The molecule has 7 heteroatoms. The van der Waals surface area contributed by atoms with Crippen LogP contribution in [0.5, 0.6) is 0 Å². The number of alkyl halides is 3. The van der Waals surface area contributed by atoms with Crippen LogP contribution < -0.4 is 5.73 Å². The van der Waals surface area contributed by atoms with Gasteiger partial charge in [0, 0.05) is 12.6 Å². The fourth-order valence-corrected chi connectivity index (χ4v) is 1.14. The molecule has 0 aromatic rings. The maximum Gasteiger partial charge on any atom is 0.401 e. The minimum atomic E-state index is -4.36. The van der Waals surface area contributed by atoms with Gasteiger partial charge in [0.2, 0.25) is 0 Å². The van der Waals surface area contributed by atoms with Gasteiger partial charge in [-0.2, -0.15) is 13.2 Å². The van der Waals surface area contributed by atoms with Crippen LogP contribution in [0.4, 0.5) is 13.2 Å². The first-order valence-electron chi connectivity index (χ1n) is 4.79. The highest BCUT2D eigenvalue weighted by atomic mass is 19.4. The Balaban J connectivity index is 4.65. The van der Waals surface area contributed by atoms with Gasteiger partial charge in [0.05, 0.1) is 6.54 Å². The van der Waals surface area contributed by atoms with E-state index >= 15 is 0 Å². The van der Waals surface area contributed by atoms with Gasteiger partial charge in [-0.1, -0.05) is 0 Å². The first-order chi connectivity index (χ1) is 6.96. The first-order valence-corrected chi connectivity index (χ1v) is 4.79. The number of carboxylic acids is 1. The third-order valence-electron chi connectivity index (χ3n) is 2.13. The molecule has 1 atom stereocenters. The second-order valence-electron chi connectivity index (χ2n) is 4.34. The van der Waals surface area contributed by atoms with Crippen molar-refractivity contribution in [2.75, 3.05) is 13.1 Å². The molecule has 96 valence electrons. The van der Waals surface area contributed by atoms with Crippen molar-refractivity contribution in [1.82, 2.24) is 4.90 Å². The van der Waals surface area contributed by atoms with E-state index in [1.54, 1.807) is 13.8 Å². The van der Waals surface area contributed by atoms with E-state index in [1.165, 1.54) is 6.92 Å². The van der Waals surface area contributed by atoms with Crippen LogP contribution >= 0.6 is 0 Å². The molecule has 0 fully saturated rings. The fraction of sp³-hybridized carbons (Fsp3) is 0.889. The third-order valence-corrected chi connectivity index (χ3v) is 2.13. The number of nitrogens with zero attached hydrogens (tertiary/aromatic N) is 1. The zero-order valence-electron chi connectivity index (χ0n) is 9.51. The molecule has 0 saturated carbocycles. The Morgan fingerprint density at radius 3 is 2.06 bits per heavy atom. The monoisotopic (exact) mass is 242 g/mol. The van der Waals surface area contributed by atoms with Crippen LogP contribution in [-0.4, -0.2) is 46.8 Å². The predicted molar refractivity (Wildman–Crippen MR) is 53.0 cm³/mol. The highest BCUT2D eigenvalue weighted by Gasteiger charge is 2.37. The van der Waals surface area contributed by atoms with Crippen LogP contribution in [0.1, 0.15) is 20.8 Å². The average Bonchev–Trinajstić information content (AvgIpc) is 1.99. The van der Waals surface area contributed by atoms with Gasteiger partial charge < -0.3 is 10.8 Å². The molecular formula is C9H17F3N2O2. The number of hydrogen-bond donors (Lipinski definition) is 2. The minimum Gasteiger partial charge on any atom is -0.480 e. The van der Waals surface area contributed by atoms with Crippen LogP contribution in [0.2, 0.25) is 0 Å². The van der Waals surface area contributed by atoms with E-state index in [1.807, 2.05) is 0 Å². The molecule has 0 heterocycles. The quantitative estimate of drug-likeness (QED) is 0.756. The SMILES string of the molecule is CC(C)N(CC(F)(F)F)CC(C)(N)C(=O)O. The Labute approximate surface area is 92.2 Å². The molecular weight excluding hydrogens is 225 g/mol. The lowest BCUT2D eigenvalue weighted by Crippen LogP contribution is -2.56. The summed E-state index contributed by atoms with van der Waals surface area (Å²) in [5.74, 6) is -1.32. The summed E-state index contributed by atoms with van der Waals surface area (Å²) < 4.78 is 36.6. The van der Waals surface area contributed by atoms with E-state index in [2.05, 4.69) is 0 Å².